The minimum Gasteiger partial charge on any atom is -0.444 e. The maximum Gasteiger partial charge on any atom is 0.410 e. The van der Waals surface area contributed by atoms with Crippen LogP contribution in [0.15, 0.2) is 11.6 Å². The summed E-state index contributed by atoms with van der Waals surface area (Å²) in [5, 5.41) is 1.66. The summed E-state index contributed by atoms with van der Waals surface area (Å²) in [4.78, 5) is 24.6. The van der Waals surface area contributed by atoms with Gasteiger partial charge in [0.25, 0.3) is 0 Å². The Morgan fingerprint density at radius 1 is 1.47 bits per heavy atom. The van der Waals surface area contributed by atoms with Crippen molar-refractivity contribution in [3.63, 3.8) is 0 Å². The smallest absolute Gasteiger partial charge is 0.410 e. The van der Waals surface area contributed by atoms with Crippen molar-refractivity contribution < 1.29 is 14.3 Å². The van der Waals surface area contributed by atoms with E-state index in [0.717, 1.165) is 0 Å². The molecule has 0 aliphatic carbocycles. The number of carbonyl (C=O) groups excluding carboxylic acids is 2. The Morgan fingerprint density at radius 3 is 2.59 bits per heavy atom. The van der Waals surface area contributed by atoms with E-state index < -0.39 is 11.7 Å². The van der Waals surface area contributed by atoms with Gasteiger partial charge in [0.15, 0.2) is 5.78 Å². The third-order valence-corrected chi connectivity index (χ3v) is 2.43. The molecule has 0 atom stereocenters. The highest BCUT2D eigenvalue weighted by molar-refractivity contribution is 7.03. The van der Waals surface area contributed by atoms with E-state index >= 15 is 0 Å². The Kier molecular flexibility index (Phi) is 4.22. The topological polar surface area (TPSA) is 59.5 Å². The molecule has 17 heavy (non-hydrogen) atoms. The quantitative estimate of drug-likeness (QED) is 0.778. The number of hydrogen-bond acceptors (Lipinski definition) is 5. The second-order valence-electron chi connectivity index (χ2n) is 4.67. The summed E-state index contributed by atoms with van der Waals surface area (Å²) < 4.78 is 8.98. The van der Waals surface area contributed by atoms with E-state index in [2.05, 4.69) is 4.37 Å². The van der Waals surface area contributed by atoms with E-state index in [1.54, 1.807) is 26.2 Å². The summed E-state index contributed by atoms with van der Waals surface area (Å²) in [7, 11) is 1.53. The van der Waals surface area contributed by atoms with Crippen LogP contribution in [0.5, 0.6) is 0 Å². The summed E-state index contributed by atoms with van der Waals surface area (Å²) in [6, 6.07) is 0. The average Bonchev–Trinajstić information content (AvgIpc) is 2.67. The first-order valence-corrected chi connectivity index (χ1v) is 6.00. The van der Waals surface area contributed by atoms with Crippen LogP contribution in [-0.2, 0) is 4.74 Å². The fourth-order valence-corrected chi connectivity index (χ4v) is 1.59. The number of likely N-dealkylation sites (N-methyl/N-ethyl adjacent to an activating group) is 1. The normalized spacial score (nSPS) is 11.1. The van der Waals surface area contributed by atoms with Gasteiger partial charge < -0.3 is 9.64 Å². The molecule has 0 N–H and O–H groups in total. The zero-order chi connectivity index (χ0) is 13.1. The number of ketones is 1. The second kappa shape index (κ2) is 5.27. The summed E-state index contributed by atoms with van der Waals surface area (Å²) >= 11 is 1.21. The summed E-state index contributed by atoms with van der Waals surface area (Å²) in [5.74, 6) is -0.146. The number of hydrogen-bond donors (Lipinski definition) is 0. The minimum absolute atomic E-state index is 0.00662. The highest BCUT2D eigenvalue weighted by Gasteiger charge is 2.21. The van der Waals surface area contributed by atoms with Crippen molar-refractivity contribution in [3.05, 3.63) is 17.1 Å². The molecule has 0 saturated carbocycles. The highest BCUT2D eigenvalue weighted by atomic mass is 32.1. The highest BCUT2D eigenvalue weighted by Crippen LogP contribution is 2.10. The fraction of sp³-hybridized carbons (Fsp3) is 0.545. The lowest BCUT2D eigenvalue weighted by Gasteiger charge is -2.24. The van der Waals surface area contributed by atoms with Crippen molar-refractivity contribution in [2.75, 3.05) is 13.6 Å². The third kappa shape index (κ3) is 4.52. The Hall–Kier alpha value is -1.43. The molecule has 1 aromatic rings. The van der Waals surface area contributed by atoms with Gasteiger partial charge in [0.05, 0.1) is 18.3 Å². The molecule has 0 saturated heterocycles. The van der Waals surface area contributed by atoms with Crippen molar-refractivity contribution in [2.24, 2.45) is 0 Å². The molecule has 0 radical (unpaired) electrons. The van der Waals surface area contributed by atoms with Crippen LogP contribution >= 0.6 is 11.5 Å². The number of carbonyl (C=O) groups is 2. The first-order valence-electron chi connectivity index (χ1n) is 5.16. The molecule has 1 rings (SSSR count). The molecule has 1 aromatic heterocycles. The predicted molar refractivity (Wildman–Crippen MR) is 65.3 cm³/mol. The Bertz CT molecular complexity index is 395. The van der Waals surface area contributed by atoms with Crippen molar-refractivity contribution in [1.82, 2.24) is 9.27 Å². The largest absolute Gasteiger partial charge is 0.444 e. The maximum absolute atomic E-state index is 11.7. The lowest BCUT2D eigenvalue weighted by molar-refractivity contribution is 0.0295. The monoisotopic (exact) mass is 256 g/mol. The van der Waals surface area contributed by atoms with Crippen molar-refractivity contribution in [1.29, 1.82) is 0 Å². The van der Waals surface area contributed by atoms with Gasteiger partial charge in [-0.25, -0.2) is 9.17 Å². The van der Waals surface area contributed by atoms with Gasteiger partial charge in [-0.1, -0.05) is 0 Å². The Labute approximate surface area is 105 Å². The van der Waals surface area contributed by atoms with Crippen LogP contribution in [0, 0.1) is 0 Å². The summed E-state index contributed by atoms with van der Waals surface area (Å²) in [6.07, 6.45) is 0.990. The summed E-state index contributed by atoms with van der Waals surface area (Å²) in [5.41, 5.74) is -0.0383. The molecule has 0 spiro atoms. The second-order valence-corrected chi connectivity index (χ2v) is 5.33. The molecule has 6 heteroatoms. The van der Waals surface area contributed by atoms with Crippen LogP contribution in [0.2, 0.25) is 0 Å². The van der Waals surface area contributed by atoms with Gasteiger partial charge in [-0.05, 0) is 32.3 Å². The molecule has 0 bridgehead atoms. The van der Waals surface area contributed by atoms with Gasteiger partial charge >= 0.3 is 6.09 Å². The maximum atomic E-state index is 11.7. The van der Waals surface area contributed by atoms with Crippen LogP contribution in [0.1, 0.15) is 31.1 Å². The van der Waals surface area contributed by atoms with E-state index in [0.29, 0.717) is 5.56 Å². The fourth-order valence-electron chi connectivity index (χ4n) is 1.05. The van der Waals surface area contributed by atoms with Crippen LogP contribution in [0.3, 0.4) is 0 Å². The molecule has 0 fully saturated rings. The lowest BCUT2D eigenvalue weighted by Crippen LogP contribution is -2.37. The molecule has 5 nitrogen and oxygen atoms in total. The van der Waals surface area contributed by atoms with Crippen molar-refractivity contribution in [3.8, 4) is 0 Å². The van der Waals surface area contributed by atoms with Crippen LogP contribution in [-0.4, -0.2) is 40.3 Å². The van der Waals surface area contributed by atoms with Crippen LogP contribution < -0.4 is 0 Å². The number of Topliss-reactive ketones (excluding diaryl/α,β-unsaturated/α-hetero) is 1. The number of aromatic nitrogens is 1. The molecule has 0 unspecified atom stereocenters. The Balaban J connectivity index is 2.52. The van der Waals surface area contributed by atoms with Gasteiger partial charge in [-0.3, -0.25) is 4.79 Å². The third-order valence-electron chi connectivity index (χ3n) is 1.84. The number of nitrogens with zero attached hydrogens (tertiary/aromatic N) is 2. The van der Waals surface area contributed by atoms with Gasteiger partial charge in [-0.2, -0.15) is 0 Å². The van der Waals surface area contributed by atoms with Gasteiger partial charge in [-0.15, -0.1) is 0 Å². The van der Waals surface area contributed by atoms with E-state index in [1.165, 1.54) is 29.7 Å². The average molecular weight is 256 g/mol. The SMILES string of the molecule is CN(CC(=O)c1cnsc1)C(=O)OC(C)(C)C. The Morgan fingerprint density at radius 2 is 2.12 bits per heavy atom. The molecule has 0 aliphatic rings. The number of rotatable bonds is 3. The molecule has 94 valence electrons. The molecule has 0 aliphatic heterocycles. The molecule has 1 amide bonds. The van der Waals surface area contributed by atoms with E-state index in [4.69, 9.17) is 4.74 Å². The minimum atomic E-state index is -0.557. The first kappa shape index (κ1) is 13.6. The van der Waals surface area contributed by atoms with E-state index in [1.807, 2.05) is 0 Å². The van der Waals surface area contributed by atoms with Gasteiger partial charge in [0.2, 0.25) is 0 Å². The predicted octanol–water partition coefficient (Wildman–Crippen LogP) is 2.19. The van der Waals surface area contributed by atoms with Gasteiger partial charge in [0, 0.05) is 12.4 Å². The number of ether oxygens (including phenoxy) is 1. The molecule has 0 aromatic carbocycles. The molecular formula is C11H16N2O3S. The summed E-state index contributed by atoms with van der Waals surface area (Å²) in [6.45, 7) is 5.34. The van der Waals surface area contributed by atoms with Crippen LogP contribution in [0.4, 0.5) is 4.79 Å². The first-order chi connectivity index (χ1) is 7.79. The molecule has 1 heterocycles. The lowest BCUT2D eigenvalue weighted by atomic mass is 10.2. The molecular weight excluding hydrogens is 240 g/mol. The number of amides is 1. The van der Waals surface area contributed by atoms with Crippen LogP contribution in [0.25, 0.3) is 0 Å². The van der Waals surface area contributed by atoms with Gasteiger partial charge in [0.1, 0.15) is 5.60 Å². The zero-order valence-electron chi connectivity index (χ0n) is 10.4. The van der Waals surface area contributed by atoms with Crippen molar-refractivity contribution in [2.45, 2.75) is 26.4 Å². The van der Waals surface area contributed by atoms with E-state index in [-0.39, 0.29) is 12.3 Å². The zero-order valence-corrected chi connectivity index (χ0v) is 11.2. The van der Waals surface area contributed by atoms with E-state index in [9.17, 15) is 9.59 Å². The standard InChI is InChI=1S/C11H16N2O3S/c1-11(2,3)16-10(15)13(4)6-9(14)8-5-12-17-7-8/h5,7H,6H2,1-4H3. The van der Waals surface area contributed by atoms with Crippen molar-refractivity contribution >= 4 is 23.4 Å².